The first kappa shape index (κ1) is 13.4. The van der Waals surface area contributed by atoms with Crippen molar-refractivity contribution in [2.45, 2.75) is 18.6 Å². The van der Waals surface area contributed by atoms with Gasteiger partial charge in [0.2, 0.25) is 0 Å². The van der Waals surface area contributed by atoms with E-state index in [4.69, 9.17) is 0 Å². The number of benzene rings is 1. The Labute approximate surface area is 116 Å². The summed E-state index contributed by atoms with van der Waals surface area (Å²) in [5, 5.41) is 1.96. The summed E-state index contributed by atoms with van der Waals surface area (Å²) in [7, 11) is 0. The zero-order valence-electron chi connectivity index (χ0n) is 10.2. The van der Waals surface area contributed by atoms with Crippen molar-refractivity contribution in [2.75, 3.05) is 5.75 Å². The standard InChI is InChI=1S/C15H16OS2/c16-14(15-9-5-11-18-15)8-4-10-17-12-13-6-2-1-3-7-13/h1-3,5-7,9,11H,4,8,10,12H2. The molecular formula is C15H16OS2. The summed E-state index contributed by atoms with van der Waals surface area (Å²) in [5.41, 5.74) is 1.35. The molecule has 0 unspecified atom stereocenters. The minimum Gasteiger partial charge on any atom is -0.293 e. The van der Waals surface area contributed by atoms with Gasteiger partial charge in [0.05, 0.1) is 4.88 Å². The summed E-state index contributed by atoms with van der Waals surface area (Å²) in [6.07, 6.45) is 1.64. The summed E-state index contributed by atoms with van der Waals surface area (Å²) >= 11 is 3.43. The SMILES string of the molecule is O=C(CCCSCc1ccccc1)c1cccs1. The second-order valence-electron chi connectivity index (χ2n) is 4.04. The number of hydrogen-bond acceptors (Lipinski definition) is 3. The topological polar surface area (TPSA) is 17.1 Å². The minimum absolute atomic E-state index is 0.283. The second kappa shape index (κ2) is 7.39. The Hall–Kier alpha value is -1.06. The number of hydrogen-bond donors (Lipinski definition) is 0. The molecule has 0 aliphatic carbocycles. The van der Waals surface area contributed by atoms with Crippen LogP contribution in [0.3, 0.4) is 0 Å². The number of carbonyl (C=O) groups excluding carboxylic acids is 1. The Morgan fingerprint density at radius 1 is 1.11 bits per heavy atom. The molecule has 3 heteroatoms. The maximum Gasteiger partial charge on any atom is 0.172 e. The highest BCUT2D eigenvalue weighted by molar-refractivity contribution is 7.98. The minimum atomic E-state index is 0.283. The highest BCUT2D eigenvalue weighted by Crippen LogP contribution is 2.16. The molecule has 0 aliphatic rings. The van der Waals surface area contributed by atoms with Crippen LogP contribution in [-0.4, -0.2) is 11.5 Å². The van der Waals surface area contributed by atoms with Gasteiger partial charge in [0, 0.05) is 12.2 Å². The largest absolute Gasteiger partial charge is 0.293 e. The van der Waals surface area contributed by atoms with E-state index < -0.39 is 0 Å². The molecule has 0 spiro atoms. The second-order valence-corrected chi connectivity index (χ2v) is 6.10. The molecule has 1 aromatic carbocycles. The lowest BCUT2D eigenvalue weighted by Crippen LogP contribution is -1.96. The Bertz CT molecular complexity index is 463. The van der Waals surface area contributed by atoms with E-state index in [2.05, 4.69) is 24.3 Å². The molecule has 1 nitrogen and oxygen atoms in total. The van der Waals surface area contributed by atoms with Gasteiger partial charge in [0.25, 0.3) is 0 Å². The monoisotopic (exact) mass is 276 g/mol. The lowest BCUT2D eigenvalue weighted by Gasteiger charge is -2.01. The molecule has 0 saturated carbocycles. The molecular weight excluding hydrogens is 260 g/mol. The van der Waals surface area contributed by atoms with Crippen LogP contribution in [0.25, 0.3) is 0 Å². The van der Waals surface area contributed by atoms with Crippen LogP contribution in [0.4, 0.5) is 0 Å². The van der Waals surface area contributed by atoms with Gasteiger partial charge in [-0.25, -0.2) is 0 Å². The number of thioether (sulfide) groups is 1. The van der Waals surface area contributed by atoms with Crippen molar-refractivity contribution in [1.29, 1.82) is 0 Å². The van der Waals surface area contributed by atoms with E-state index in [1.807, 2.05) is 35.3 Å². The van der Waals surface area contributed by atoms with Crippen molar-refractivity contribution in [3.63, 3.8) is 0 Å². The van der Waals surface area contributed by atoms with E-state index in [9.17, 15) is 4.79 Å². The van der Waals surface area contributed by atoms with E-state index in [-0.39, 0.29) is 5.78 Å². The fraction of sp³-hybridized carbons (Fsp3) is 0.267. The van der Waals surface area contributed by atoms with Crippen LogP contribution >= 0.6 is 23.1 Å². The molecule has 0 amide bonds. The van der Waals surface area contributed by atoms with Crippen LogP contribution in [0.15, 0.2) is 47.8 Å². The fourth-order valence-corrected chi connectivity index (χ4v) is 3.27. The first-order chi connectivity index (χ1) is 8.86. The lowest BCUT2D eigenvalue weighted by molar-refractivity contribution is 0.0986. The number of ketones is 1. The van der Waals surface area contributed by atoms with Crippen LogP contribution < -0.4 is 0 Å². The average Bonchev–Trinajstić information content (AvgIpc) is 2.93. The van der Waals surface area contributed by atoms with Gasteiger partial charge in [-0.15, -0.1) is 11.3 Å². The van der Waals surface area contributed by atoms with Crippen molar-refractivity contribution in [3.8, 4) is 0 Å². The van der Waals surface area contributed by atoms with Crippen molar-refractivity contribution in [1.82, 2.24) is 0 Å². The predicted octanol–water partition coefficient (Wildman–Crippen LogP) is 4.64. The summed E-state index contributed by atoms with van der Waals surface area (Å²) in [5.74, 6) is 2.37. The molecule has 0 radical (unpaired) electrons. The molecule has 0 bridgehead atoms. The molecule has 2 rings (SSSR count). The smallest absolute Gasteiger partial charge is 0.172 e. The van der Waals surface area contributed by atoms with Crippen LogP contribution in [0.1, 0.15) is 28.1 Å². The van der Waals surface area contributed by atoms with Gasteiger partial charge in [-0.05, 0) is 29.2 Å². The first-order valence-electron chi connectivity index (χ1n) is 6.04. The summed E-state index contributed by atoms with van der Waals surface area (Å²) in [4.78, 5) is 12.6. The third-order valence-corrected chi connectivity index (χ3v) is 4.63. The molecule has 1 aromatic heterocycles. The highest BCUT2D eigenvalue weighted by atomic mass is 32.2. The number of carbonyl (C=O) groups is 1. The predicted molar refractivity (Wildman–Crippen MR) is 80.5 cm³/mol. The van der Waals surface area contributed by atoms with E-state index in [0.717, 1.165) is 22.8 Å². The van der Waals surface area contributed by atoms with Gasteiger partial charge in [-0.1, -0.05) is 36.4 Å². The third kappa shape index (κ3) is 4.31. The van der Waals surface area contributed by atoms with Crippen LogP contribution in [-0.2, 0) is 5.75 Å². The van der Waals surface area contributed by atoms with Gasteiger partial charge in [-0.2, -0.15) is 11.8 Å². The van der Waals surface area contributed by atoms with E-state index >= 15 is 0 Å². The lowest BCUT2D eigenvalue weighted by atomic mass is 10.2. The Morgan fingerprint density at radius 2 is 1.94 bits per heavy atom. The molecule has 0 saturated heterocycles. The van der Waals surface area contributed by atoms with Gasteiger partial charge in [0.1, 0.15) is 0 Å². The van der Waals surface area contributed by atoms with E-state index in [1.165, 1.54) is 16.9 Å². The first-order valence-corrected chi connectivity index (χ1v) is 8.08. The molecule has 18 heavy (non-hydrogen) atoms. The van der Waals surface area contributed by atoms with E-state index in [0.29, 0.717) is 6.42 Å². The number of Topliss-reactive ketones (excluding diaryl/α,β-unsaturated/α-hetero) is 1. The van der Waals surface area contributed by atoms with Gasteiger partial charge < -0.3 is 0 Å². The molecule has 0 atom stereocenters. The molecule has 94 valence electrons. The van der Waals surface area contributed by atoms with Crippen LogP contribution in [0.5, 0.6) is 0 Å². The van der Waals surface area contributed by atoms with Gasteiger partial charge in [-0.3, -0.25) is 4.79 Å². The average molecular weight is 276 g/mol. The maximum atomic E-state index is 11.7. The zero-order chi connectivity index (χ0) is 12.6. The number of rotatable bonds is 7. The van der Waals surface area contributed by atoms with Crippen molar-refractivity contribution < 1.29 is 4.79 Å². The zero-order valence-corrected chi connectivity index (χ0v) is 11.8. The van der Waals surface area contributed by atoms with Gasteiger partial charge in [0.15, 0.2) is 5.78 Å². The van der Waals surface area contributed by atoms with Crippen molar-refractivity contribution in [2.24, 2.45) is 0 Å². The Morgan fingerprint density at radius 3 is 2.67 bits per heavy atom. The van der Waals surface area contributed by atoms with Crippen molar-refractivity contribution in [3.05, 3.63) is 58.3 Å². The maximum absolute atomic E-state index is 11.7. The Balaban J connectivity index is 1.61. The third-order valence-electron chi connectivity index (χ3n) is 2.60. The Kier molecular flexibility index (Phi) is 5.49. The van der Waals surface area contributed by atoms with Crippen LogP contribution in [0, 0.1) is 0 Å². The normalized spacial score (nSPS) is 10.4. The molecule has 0 fully saturated rings. The fourth-order valence-electron chi connectivity index (χ4n) is 1.66. The molecule has 1 heterocycles. The summed E-state index contributed by atoms with van der Waals surface area (Å²) in [6.45, 7) is 0. The summed E-state index contributed by atoms with van der Waals surface area (Å²) < 4.78 is 0. The summed E-state index contributed by atoms with van der Waals surface area (Å²) in [6, 6.07) is 14.3. The quantitative estimate of drug-likeness (QED) is 0.541. The molecule has 2 aromatic rings. The molecule has 0 N–H and O–H groups in total. The molecule has 0 aliphatic heterocycles. The van der Waals surface area contributed by atoms with Crippen LogP contribution in [0.2, 0.25) is 0 Å². The van der Waals surface area contributed by atoms with Gasteiger partial charge >= 0.3 is 0 Å². The van der Waals surface area contributed by atoms with E-state index in [1.54, 1.807) is 0 Å². The highest BCUT2D eigenvalue weighted by Gasteiger charge is 2.05. The number of thiophene rings is 1. The van der Waals surface area contributed by atoms with Crippen molar-refractivity contribution >= 4 is 28.9 Å².